The number of pyridine rings is 2. The van der Waals surface area contributed by atoms with Crippen LogP contribution in [0.4, 0.5) is 13.9 Å². The van der Waals surface area contributed by atoms with E-state index in [4.69, 9.17) is 4.74 Å². The van der Waals surface area contributed by atoms with E-state index in [0.29, 0.717) is 49.8 Å². The Balaban J connectivity index is 1.97. The molecule has 0 atom stereocenters. The highest BCUT2D eigenvalue weighted by Gasteiger charge is 2.20. The number of H-pyrrole nitrogens is 1. The number of hydrogen-bond donors (Lipinski definition) is 2. The molecule has 0 spiro atoms. The van der Waals surface area contributed by atoms with Crippen LogP contribution >= 0.6 is 22.7 Å². The Morgan fingerprint density at radius 2 is 2.12 bits per heavy atom. The summed E-state index contributed by atoms with van der Waals surface area (Å²) in [6.07, 6.45) is -2.64. The van der Waals surface area contributed by atoms with E-state index in [0.717, 1.165) is 4.70 Å². The zero-order chi connectivity index (χ0) is 18.4. The Hall–Kier alpha value is -2.17. The van der Waals surface area contributed by atoms with Crippen LogP contribution in [0.3, 0.4) is 0 Å². The number of aromatic nitrogens is 3. The number of aromatic amines is 1. The highest BCUT2D eigenvalue weighted by molar-refractivity contribution is 7.27. The Bertz CT molecular complexity index is 1180. The van der Waals surface area contributed by atoms with E-state index < -0.39 is 6.43 Å². The number of rotatable bonds is 5. The average Bonchev–Trinajstić information content (AvgIpc) is 3.17. The number of thiophene rings is 1. The number of thiazole rings is 1. The second kappa shape index (κ2) is 6.53. The molecular formula is C16H14F2N4O2S2. The van der Waals surface area contributed by atoms with Gasteiger partial charge in [0.15, 0.2) is 5.13 Å². The highest BCUT2D eigenvalue weighted by atomic mass is 32.1. The van der Waals surface area contributed by atoms with Crippen LogP contribution in [0.1, 0.15) is 17.7 Å². The van der Waals surface area contributed by atoms with Gasteiger partial charge in [0.2, 0.25) is 0 Å². The Morgan fingerprint density at radius 3 is 2.85 bits per heavy atom. The third-order valence-corrected chi connectivity index (χ3v) is 6.07. The van der Waals surface area contributed by atoms with Crippen molar-refractivity contribution in [1.82, 2.24) is 15.0 Å². The number of aryl methyl sites for hydroxylation is 1. The zero-order valence-electron chi connectivity index (χ0n) is 13.9. The highest BCUT2D eigenvalue weighted by Crippen LogP contribution is 2.39. The second-order valence-corrected chi connectivity index (χ2v) is 7.72. The number of halogens is 2. The number of nitrogens with one attached hydrogen (secondary N) is 2. The van der Waals surface area contributed by atoms with Crippen LogP contribution in [0, 0.1) is 6.92 Å². The molecule has 0 aliphatic rings. The lowest BCUT2D eigenvalue weighted by Crippen LogP contribution is -2.06. The Labute approximate surface area is 153 Å². The second-order valence-electron chi connectivity index (χ2n) is 5.72. The fraction of sp³-hybridized carbons (Fsp3) is 0.312. The van der Waals surface area contributed by atoms with Crippen molar-refractivity contribution in [3.8, 4) is 0 Å². The van der Waals surface area contributed by atoms with Gasteiger partial charge in [0.25, 0.3) is 12.0 Å². The maximum absolute atomic E-state index is 13.1. The summed E-state index contributed by atoms with van der Waals surface area (Å²) in [5.74, 6) is 0. The largest absolute Gasteiger partial charge is 0.383 e. The summed E-state index contributed by atoms with van der Waals surface area (Å²) >= 11 is 2.52. The van der Waals surface area contributed by atoms with Crippen molar-refractivity contribution in [2.75, 3.05) is 25.6 Å². The van der Waals surface area contributed by atoms with Crippen LogP contribution in [-0.4, -0.2) is 35.2 Å². The summed E-state index contributed by atoms with van der Waals surface area (Å²) in [5, 5.41) is 4.42. The maximum Gasteiger partial charge on any atom is 0.280 e. The van der Waals surface area contributed by atoms with Gasteiger partial charge in [-0.3, -0.25) is 4.79 Å². The van der Waals surface area contributed by atoms with E-state index in [-0.39, 0.29) is 11.3 Å². The van der Waals surface area contributed by atoms with Gasteiger partial charge in [0, 0.05) is 19.0 Å². The van der Waals surface area contributed by atoms with E-state index in [1.165, 1.54) is 28.7 Å². The summed E-state index contributed by atoms with van der Waals surface area (Å²) < 4.78 is 32.3. The first kappa shape index (κ1) is 17.3. The molecule has 4 heterocycles. The molecule has 0 amide bonds. The lowest BCUT2D eigenvalue weighted by molar-refractivity contribution is 0.146. The predicted molar refractivity (Wildman–Crippen MR) is 101 cm³/mol. The standard InChI is InChI=1S/C16H14F2N4O2S2/c1-6-5-7(13(17)18)20-15-8(6)9-11(25-15)10-12(14(23)21-9)26-16(22-10)19-3-4-24-2/h5,13H,3-4H2,1-2H3,(H,19,22)(H,21,23). The lowest BCUT2D eigenvalue weighted by Gasteiger charge is -2.02. The van der Waals surface area contributed by atoms with Gasteiger partial charge in [-0.05, 0) is 18.6 Å². The van der Waals surface area contributed by atoms with Gasteiger partial charge in [-0.1, -0.05) is 11.3 Å². The molecule has 0 saturated carbocycles. The van der Waals surface area contributed by atoms with Gasteiger partial charge in [-0.2, -0.15) is 0 Å². The molecule has 4 aromatic rings. The number of alkyl halides is 2. The summed E-state index contributed by atoms with van der Waals surface area (Å²) in [6.45, 7) is 2.83. The predicted octanol–water partition coefficient (Wildman–Crippen LogP) is 4.05. The summed E-state index contributed by atoms with van der Waals surface area (Å²) in [6, 6.07) is 1.36. The van der Waals surface area contributed by atoms with Gasteiger partial charge in [0.05, 0.1) is 16.8 Å². The van der Waals surface area contributed by atoms with Gasteiger partial charge in [-0.25, -0.2) is 18.7 Å². The molecule has 0 unspecified atom stereocenters. The monoisotopic (exact) mass is 396 g/mol. The number of hydrogen-bond acceptors (Lipinski definition) is 7. The molecule has 10 heteroatoms. The van der Waals surface area contributed by atoms with Crippen LogP contribution in [0.5, 0.6) is 0 Å². The van der Waals surface area contributed by atoms with Gasteiger partial charge >= 0.3 is 0 Å². The smallest absolute Gasteiger partial charge is 0.280 e. The van der Waals surface area contributed by atoms with Crippen molar-refractivity contribution in [2.45, 2.75) is 13.3 Å². The van der Waals surface area contributed by atoms with Crippen LogP contribution in [0.25, 0.3) is 30.6 Å². The number of nitrogens with zero attached hydrogens (tertiary/aromatic N) is 2. The van der Waals surface area contributed by atoms with Crippen molar-refractivity contribution in [3.05, 3.63) is 27.7 Å². The van der Waals surface area contributed by atoms with Crippen molar-refractivity contribution < 1.29 is 13.5 Å². The topological polar surface area (TPSA) is 79.9 Å². The molecule has 0 aliphatic carbocycles. The Kier molecular flexibility index (Phi) is 4.33. The van der Waals surface area contributed by atoms with E-state index in [9.17, 15) is 13.6 Å². The molecule has 0 saturated heterocycles. The van der Waals surface area contributed by atoms with Gasteiger partial charge in [-0.15, -0.1) is 11.3 Å². The fourth-order valence-corrected chi connectivity index (χ4v) is 5.01. The lowest BCUT2D eigenvalue weighted by atomic mass is 10.1. The van der Waals surface area contributed by atoms with E-state index in [2.05, 4.69) is 20.3 Å². The molecule has 4 aromatic heterocycles. The van der Waals surface area contributed by atoms with Crippen molar-refractivity contribution in [2.24, 2.45) is 0 Å². The third-order valence-electron chi connectivity index (χ3n) is 3.97. The first-order valence-corrected chi connectivity index (χ1v) is 9.40. The van der Waals surface area contributed by atoms with Crippen molar-refractivity contribution >= 4 is 58.5 Å². The van der Waals surface area contributed by atoms with Crippen LogP contribution < -0.4 is 10.9 Å². The molecule has 136 valence electrons. The Morgan fingerprint density at radius 1 is 1.31 bits per heavy atom. The zero-order valence-corrected chi connectivity index (χ0v) is 15.5. The minimum atomic E-state index is -2.64. The summed E-state index contributed by atoms with van der Waals surface area (Å²) in [4.78, 5) is 24.4. The van der Waals surface area contributed by atoms with Gasteiger partial charge < -0.3 is 15.0 Å². The average molecular weight is 396 g/mol. The van der Waals surface area contributed by atoms with Crippen LogP contribution in [0.2, 0.25) is 0 Å². The quantitative estimate of drug-likeness (QED) is 0.498. The molecule has 6 nitrogen and oxygen atoms in total. The number of ether oxygens (including phenoxy) is 1. The fourth-order valence-electron chi connectivity index (χ4n) is 2.84. The molecular weight excluding hydrogens is 382 g/mol. The molecule has 26 heavy (non-hydrogen) atoms. The van der Waals surface area contributed by atoms with E-state index in [1.807, 2.05) is 0 Å². The van der Waals surface area contributed by atoms with Crippen LogP contribution in [0.15, 0.2) is 10.9 Å². The normalized spacial score (nSPS) is 12.0. The molecule has 0 bridgehead atoms. The third kappa shape index (κ3) is 2.74. The number of methoxy groups -OCH3 is 1. The number of fused-ring (bicyclic) bond motifs is 5. The number of anilines is 1. The first-order valence-electron chi connectivity index (χ1n) is 7.77. The summed E-state index contributed by atoms with van der Waals surface area (Å²) in [5.41, 5.74) is 1.30. The van der Waals surface area contributed by atoms with E-state index >= 15 is 0 Å². The van der Waals surface area contributed by atoms with Crippen molar-refractivity contribution in [3.63, 3.8) is 0 Å². The minimum absolute atomic E-state index is 0.248. The molecule has 0 aromatic carbocycles. The maximum atomic E-state index is 13.1. The van der Waals surface area contributed by atoms with Crippen LogP contribution in [-0.2, 0) is 4.74 Å². The molecule has 0 aliphatic heterocycles. The van der Waals surface area contributed by atoms with Gasteiger partial charge in [0.1, 0.15) is 20.7 Å². The molecule has 0 fully saturated rings. The minimum Gasteiger partial charge on any atom is -0.383 e. The SMILES string of the molecule is COCCNc1nc2c(s1)c(=O)[nH]c1c2sc2nc(C(F)F)cc(C)c21. The first-order chi connectivity index (χ1) is 12.5. The van der Waals surface area contributed by atoms with Crippen molar-refractivity contribution in [1.29, 1.82) is 0 Å². The molecule has 4 rings (SSSR count). The molecule has 2 N–H and O–H groups in total. The van der Waals surface area contributed by atoms with E-state index in [1.54, 1.807) is 14.0 Å². The molecule has 0 radical (unpaired) electrons. The summed E-state index contributed by atoms with van der Waals surface area (Å²) in [7, 11) is 1.61.